The van der Waals surface area contributed by atoms with Crippen LogP contribution in [-0.4, -0.2) is 21.7 Å². The second-order valence-corrected chi connectivity index (χ2v) is 4.51. The van der Waals surface area contributed by atoms with Crippen LogP contribution < -0.4 is 5.73 Å². The summed E-state index contributed by atoms with van der Waals surface area (Å²) in [6.45, 7) is 0. The number of rotatable bonds is 3. The van der Waals surface area contributed by atoms with Crippen molar-refractivity contribution in [1.82, 2.24) is 10.7 Å². The van der Waals surface area contributed by atoms with Gasteiger partial charge in [-0.25, -0.2) is 4.98 Å². The molecule has 1 amide bonds. The Morgan fingerprint density at radius 1 is 1.92 bits per heavy atom. The summed E-state index contributed by atoms with van der Waals surface area (Å²) in [5.74, 6) is -0.842. The van der Waals surface area contributed by atoms with E-state index in [0.717, 1.165) is 0 Å². The van der Waals surface area contributed by atoms with E-state index in [4.69, 9.17) is 5.73 Å². The van der Waals surface area contributed by atoms with Gasteiger partial charge < -0.3 is 4.55 Å². The van der Waals surface area contributed by atoms with Crippen LogP contribution in [0.5, 0.6) is 0 Å². The van der Waals surface area contributed by atoms with Crippen LogP contribution in [0, 0.1) is 0 Å². The fourth-order valence-electron chi connectivity index (χ4n) is 0.769. The normalized spacial score (nSPS) is 15.5. The number of nitrogens with zero attached hydrogens (tertiary/aromatic N) is 1. The minimum absolute atomic E-state index is 0.454. The summed E-state index contributed by atoms with van der Waals surface area (Å²) < 4.78 is 11.0. The number of carbonyl (C=O) groups excluding carboxylic acids is 1. The number of carbonyl (C=O) groups is 1. The van der Waals surface area contributed by atoms with Crippen molar-refractivity contribution in [2.24, 2.45) is 0 Å². The minimum Gasteiger partial charge on any atom is -0.616 e. The molecule has 1 aromatic rings. The van der Waals surface area contributed by atoms with Crippen molar-refractivity contribution in [2.45, 2.75) is 5.25 Å². The van der Waals surface area contributed by atoms with Crippen molar-refractivity contribution in [3.63, 3.8) is 0 Å². The van der Waals surface area contributed by atoms with Crippen molar-refractivity contribution in [3.05, 3.63) is 16.6 Å². The Labute approximate surface area is 77.0 Å². The lowest BCUT2D eigenvalue weighted by atomic mass is 10.4. The first-order valence-electron chi connectivity index (χ1n) is 3.10. The maximum absolute atomic E-state index is 11.0. The Kier molecular flexibility index (Phi) is 3.07. The highest BCUT2D eigenvalue weighted by atomic mass is 32.2. The summed E-state index contributed by atoms with van der Waals surface area (Å²) >= 11 is -0.109. The maximum atomic E-state index is 11.0. The van der Waals surface area contributed by atoms with E-state index in [9.17, 15) is 9.35 Å². The van der Waals surface area contributed by atoms with Gasteiger partial charge in [-0.3, -0.25) is 10.5 Å². The third-order valence-electron chi connectivity index (χ3n) is 1.25. The van der Waals surface area contributed by atoms with E-state index in [-0.39, 0.29) is 0 Å². The molecule has 1 radical (unpaired) electrons. The van der Waals surface area contributed by atoms with E-state index < -0.39 is 22.3 Å². The Hall–Kier alpha value is -0.590. The first-order chi connectivity index (χ1) is 5.63. The topological polar surface area (TPSA) is 76.8 Å². The van der Waals surface area contributed by atoms with Gasteiger partial charge in [0.25, 0.3) is 5.91 Å². The summed E-state index contributed by atoms with van der Waals surface area (Å²) in [5, 5.41) is 1.28. The van der Waals surface area contributed by atoms with Crippen LogP contribution in [0.1, 0.15) is 10.3 Å². The first-order valence-corrected chi connectivity index (χ1v) is 5.60. The van der Waals surface area contributed by atoms with Gasteiger partial charge >= 0.3 is 0 Å². The van der Waals surface area contributed by atoms with E-state index in [1.54, 1.807) is 5.38 Å². The van der Waals surface area contributed by atoms with Crippen molar-refractivity contribution in [3.8, 4) is 0 Å². The SMILES string of the molecule is C[S+]([O-])C(C([NH])=O)c1nccs1. The Balaban J connectivity index is 2.88. The molecule has 0 bridgehead atoms. The molecule has 2 unspecified atom stereocenters. The van der Waals surface area contributed by atoms with Gasteiger partial charge in [-0.15, -0.1) is 11.3 Å². The molecule has 1 rings (SSSR count). The first kappa shape index (κ1) is 9.50. The van der Waals surface area contributed by atoms with Crippen molar-refractivity contribution >= 4 is 28.4 Å². The zero-order valence-electron chi connectivity index (χ0n) is 6.31. The van der Waals surface area contributed by atoms with E-state index in [0.29, 0.717) is 5.01 Å². The molecule has 12 heavy (non-hydrogen) atoms. The Morgan fingerprint density at radius 2 is 2.58 bits per heavy atom. The fourth-order valence-corrected chi connectivity index (χ4v) is 2.60. The Morgan fingerprint density at radius 3 is 2.92 bits per heavy atom. The van der Waals surface area contributed by atoms with Crippen molar-refractivity contribution in [2.75, 3.05) is 6.26 Å². The number of thiazole rings is 1. The van der Waals surface area contributed by atoms with E-state index in [2.05, 4.69) is 4.98 Å². The van der Waals surface area contributed by atoms with Crippen LogP contribution in [0.2, 0.25) is 0 Å². The van der Waals surface area contributed by atoms with Crippen LogP contribution >= 0.6 is 11.3 Å². The number of amides is 1. The molecule has 0 saturated heterocycles. The number of nitrogens with one attached hydrogen (secondary N) is 1. The molecular weight excluding hydrogens is 196 g/mol. The molecule has 4 nitrogen and oxygen atoms in total. The summed E-state index contributed by atoms with van der Waals surface area (Å²) in [4.78, 5) is 14.6. The van der Waals surface area contributed by atoms with Crippen molar-refractivity contribution < 1.29 is 9.35 Å². The van der Waals surface area contributed by atoms with Crippen molar-refractivity contribution in [1.29, 1.82) is 0 Å². The van der Waals surface area contributed by atoms with Crippen LogP contribution in [0.25, 0.3) is 0 Å². The summed E-state index contributed by atoms with van der Waals surface area (Å²) in [7, 11) is 0. The lowest BCUT2D eigenvalue weighted by molar-refractivity contribution is -0.118. The smallest absolute Gasteiger partial charge is 0.298 e. The summed E-state index contributed by atoms with van der Waals surface area (Å²) in [5.41, 5.74) is 6.88. The fraction of sp³-hybridized carbons (Fsp3) is 0.333. The average Bonchev–Trinajstić information content (AvgIpc) is 2.37. The summed E-state index contributed by atoms with van der Waals surface area (Å²) in [6, 6.07) is 0. The molecular formula is C6H7N2O2S2. The molecule has 0 aliphatic rings. The lowest BCUT2D eigenvalue weighted by Crippen LogP contribution is -2.21. The van der Waals surface area contributed by atoms with Crippen LogP contribution in [0.3, 0.4) is 0 Å². The molecule has 0 saturated carbocycles. The molecule has 1 N–H and O–H groups in total. The van der Waals surface area contributed by atoms with Gasteiger partial charge in [-0.2, -0.15) is 0 Å². The molecule has 6 heteroatoms. The molecule has 2 atom stereocenters. The average molecular weight is 203 g/mol. The van der Waals surface area contributed by atoms with Gasteiger partial charge in [0.1, 0.15) is 0 Å². The second-order valence-electron chi connectivity index (χ2n) is 2.11. The van der Waals surface area contributed by atoms with Crippen LogP contribution in [0.4, 0.5) is 0 Å². The highest BCUT2D eigenvalue weighted by Gasteiger charge is 2.30. The van der Waals surface area contributed by atoms with Gasteiger partial charge in [-0.05, 0) is 11.2 Å². The van der Waals surface area contributed by atoms with E-state index >= 15 is 0 Å². The second kappa shape index (κ2) is 3.88. The Bertz CT molecular complexity index is 261. The third kappa shape index (κ3) is 1.96. The molecule has 0 fully saturated rings. The molecule has 0 spiro atoms. The number of hydrogen-bond acceptors (Lipinski definition) is 4. The zero-order chi connectivity index (χ0) is 9.14. The highest BCUT2D eigenvalue weighted by molar-refractivity contribution is 7.91. The monoisotopic (exact) mass is 203 g/mol. The van der Waals surface area contributed by atoms with E-state index in [1.807, 2.05) is 0 Å². The predicted molar refractivity (Wildman–Crippen MR) is 47.0 cm³/mol. The standard InChI is InChI=1S/C6H7N2O2S2/c1-12(10)4(5(7)9)6-8-2-3-11-6/h2-4,7H,1H3. The van der Waals surface area contributed by atoms with E-state index in [1.165, 1.54) is 23.8 Å². The lowest BCUT2D eigenvalue weighted by Gasteiger charge is -2.11. The van der Waals surface area contributed by atoms with Crippen LogP contribution in [-0.2, 0) is 16.0 Å². The molecule has 1 heterocycles. The van der Waals surface area contributed by atoms with Gasteiger partial charge in [0, 0.05) is 11.6 Å². The molecule has 1 aromatic heterocycles. The third-order valence-corrected chi connectivity index (χ3v) is 3.34. The predicted octanol–water partition coefficient (Wildman–Crippen LogP) is 0.372. The summed E-state index contributed by atoms with van der Waals surface area (Å²) in [6.07, 6.45) is 2.93. The molecule has 65 valence electrons. The largest absolute Gasteiger partial charge is 0.616 e. The quantitative estimate of drug-likeness (QED) is 0.666. The molecule has 0 aromatic carbocycles. The number of aromatic nitrogens is 1. The van der Waals surface area contributed by atoms with Gasteiger partial charge in [0.2, 0.25) is 5.25 Å². The minimum atomic E-state index is -1.35. The highest BCUT2D eigenvalue weighted by Crippen LogP contribution is 2.23. The van der Waals surface area contributed by atoms with Gasteiger partial charge in [0.05, 0.1) is 6.26 Å². The number of hydrogen-bond donors (Lipinski definition) is 0. The van der Waals surface area contributed by atoms with Gasteiger partial charge in [-0.1, -0.05) is 0 Å². The molecule has 0 aliphatic carbocycles. The van der Waals surface area contributed by atoms with Gasteiger partial charge in [0.15, 0.2) is 5.01 Å². The maximum Gasteiger partial charge on any atom is 0.298 e. The molecule has 0 aliphatic heterocycles. The zero-order valence-corrected chi connectivity index (χ0v) is 7.95. The van der Waals surface area contributed by atoms with Crippen LogP contribution in [0.15, 0.2) is 11.6 Å².